The summed E-state index contributed by atoms with van der Waals surface area (Å²) in [5.41, 5.74) is 7.39. The second kappa shape index (κ2) is 15.7. The molecule has 252 valence electrons. The summed E-state index contributed by atoms with van der Waals surface area (Å²) >= 11 is 0. The van der Waals surface area contributed by atoms with Crippen molar-refractivity contribution < 1.29 is 28.8 Å². The minimum Gasteiger partial charge on any atom is -0.493 e. The number of fused-ring (bicyclic) bond motifs is 1. The number of benzene rings is 4. The summed E-state index contributed by atoms with van der Waals surface area (Å²) in [4.78, 5) is 14.8. The number of urea groups is 1. The molecule has 48 heavy (non-hydrogen) atoms. The van der Waals surface area contributed by atoms with Crippen LogP contribution in [0.2, 0.25) is 0 Å². The van der Waals surface area contributed by atoms with Crippen LogP contribution in [0.5, 0.6) is 11.5 Å². The first-order chi connectivity index (χ1) is 23.4. The van der Waals surface area contributed by atoms with E-state index >= 15 is 0 Å². The summed E-state index contributed by atoms with van der Waals surface area (Å²) in [6.07, 6.45) is 0.0641. The fourth-order valence-corrected chi connectivity index (χ4v) is 6.50. The molecule has 0 radical (unpaired) electrons. The van der Waals surface area contributed by atoms with Crippen LogP contribution >= 0.6 is 0 Å². The van der Waals surface area contributed by atoms with Crippen molar-refractivity contribution in [3.8, 4) is 11.5 Å². The molecule has 2 amide bonds. The number of hydrogen-bond donors (Lipinski definition) is 3. The van der Waals surface area contributed by atoms with Gasteiger partial charge in [0.1, 0.15) is 0 Å². The maximum absolute atomic E-state index is 12.4. The standard InChI is InChI=1S/C39H45N3O6/c1-26-36(24-42-18-17-32-19-34(45-2)35(46-3)20-33(32)23-42)47-38(48-37(26)30-13-11-29(25-43)12-14-30)31-15-9-28(10-16-31)22-41-39(44)40-21-27-7-5-4-6-8-27/h4-16,19-20,26,36-38,43H,17-18,21-25H2,1-3H3,(H2,40,41,44)/t26-,36+,37+,38+/m0/s1. The molecule has 2 aliphatic rings. The molecule has 0 aromatic heterocycles. The molecule has 1 saturated heterocycles. The van der Waals surface area contributed by atoms with Crippen LogP contribution in [-0.2, 0) is 42.1 Å². The van der Waals surface area contributed by atoms with Gasteiger partial charge in [0.25, 0.3) is 0 Å². The van der Waals surface area contributed by atoms with Crippen LogP contribution < -0.4 is 20.1 Å². The summed E-state index contributed by atoms with van der Waals surface area (Å²) in [6, 6.07) is 29.8. The summed E-state index contributed by atoms with van der Waals surface area (Å²) in [5.74, 6) is 1.58. The van der Waals surface area contributed by atoms with Gasteiger partial charge in [0.05, 0.1) is 33.0 Å². The lowest BCUT2D eigenvalue weighted by molar-refractivity contribution is -0.276. The van der Waals surface area contributed by atoms with Crippen molar-refractivity contribution in [3.05, 3.63) is 130 Å². The second-order valence-corrected chi connectivity index (χ2v) is 12.5. The van der Waals surface area contributed by atoms with Crippen LogP contribution in [0.1, 0.15) is 58.3 Å². The third-order valence-electron chi connectivity index (χ3n) is 9.36. The van der Waals surface area contributed by atoms with Crippen molar-refractivity contribution >= 4 is 6.03 Å². The molecular weight excluding hydrogens is 606 g/mol. The Labute approximate surface area is 282 Å². The maximum Gasteiger partial charge on any atom is 0.315 e. The molecule has 9 nitrogen and oxygen atoms in total. The molecule has 4 atom stereocenters. The largest absolute Gasteiger partial charge is 0.493 e. The highest BCUT2D eigenvalue weighted by atomic mass is 16.7. The molecule has 1 fully saturated rings. The van der Waals surface area contributed by atoms with E-state index in [0.717, 1.165) is 65.4 Å². The molecule has 2 aliphatic heterocycles. The molecule has 0 spiro atoms. The first kappa shape index (κ1) is 33.5. The molecule has 0 unspecified atom stereocenters. The van der Waals surface area contributed by atoms with Crippen molar-refractivity contribution in [3.63, 3.8) is 0 Å². The number of amides is 2. The van der Waals surface area contributed by atoms with Crippen molar-refractivity contribution in [2.45, 2.75) is 58.1 Å². The van der Waals surface area contributed by atoms with Gasteiger partial charge in [-0.2, -0.15) is 0 Å². The Balaban J connectivity index is 1.14. The minimum absolute atomic E-state index is 0.00129. The Morgan fingerprint density at radius 3 is 2.06 bits per heavy atom. The number of rotatable bonds is 11. The molecule has 9 heteroatoms. The number of carbonyl (C=O) groups is 1. The fraction of sp³-hybridized carbons (Fsp3) is 0.359. The molecule has 0 saturated carbocycles. The number of methoxy groups -OCH3 is 2. The van der Waals surface area contributed by atoms with Crippen molar-refractivity contribution in [2.75, 3.05) is 27.3 Å². The van der Waals surface area contributed by atoms with Crippen LogP contribution in [-0.4, -0.2) is 49.5 Å². The average molecular weight is 652 g/mol. The van der Waals surface area contributed by atoms with Gasteiger partial charge in [0.15, 0.2) is 17.8 Å². The van der Waals surface area contributed by atoms with E-state index in [9.17, 15) is 9.90 Å². The lowest BCUT2D eigenvalue weighted by Gasteiger charge is -2.43. The Kier molecular flexibility index (Phi) is 10.9. The highest BCUT2D eigenvalue weighted by Gasteiger charge is 2.39. The van der Waals surface area contributed by atoms with Crippen LogP contribution in [0.15, 0.2) is 91.0 Å². The monoisotopic (exact) mass is 651 g/mol. The van der Waals surface area contributed by atoms with Gasteiger partial charge in [-0.05, 0) is 51.9 Å². The summed E-state index contributed by atoms with van der Waals surface area (Å²) in [7, 11) is 3.34. The Hall–Kier alpha value is -4.41. The third-order valence-corrected chi connectivity index (χ3v) is 9.36. The molecule has 2 heterocycles. The number of aliphatic hydroxyl groups excluding tert-OH is 1. The quantitative estimate of drug-likeness (QED) is 0.182. The topological polar surface area (TPSA) is 102 Å². The van der Waals surface area contributed by atoms with Crippen molar-refractivity contribution in [2.24, 2.45) is 5.92 Å². The zero-order chi connectivity index (χ0) is 33.5. The zero-order valence-electron chi connectivity index (χ0n) is 27.9. The maximum atomic E-state index is 12.4. The summed E-state index contributed by atoms with van der Waals surface area (Å²) in [6.45, 7) is 5.52. The predicted molar refractivity (Wildman–Crippen MR) is 183 cm³/mol. The zero-order valence-corrected chi connectivity index (χ0v) is 27.9. The van der Waals surface area contributed by atoms with Gasteiger partial charge in [-0.3, -0.25) is 4.90 Å². The van der Waals surface area contributed by atoms with Crippen LogP contribution in [0, 0.1) is 5.92 Å². The van der Waals surface area contributed by atoms with Crippen LogP contribution in [0.25, 0.3) is 0 Å². The minimum atomic E-state index is -0.564. The van der Waals surface area contributed by atoms with Gasteiger partial charge in [-0.15, -0.1) is 0 Å². The Bertz CT molecular complexity index is 1650. The van der Waals surface area contributed by atoms with E-state index in [4.69, 9.17) is 18.9 Å². The Morgan fingerprint density at radius 2 is 1.42 bits per heavy atom. The first-order valence-corrected chi connectivity index (χ1v) is 16.5. The second-order valence-electron chi connectivity index (χ2n) is 12.5. The number of carbonyl (C=O) groups excluding carboxylic acids is 1. The number of nitrogens with zero attached hydrogens (tertiary/aromatic N) is 1. The smallest absolute Gasteiger partial charge is 0.315 e. The fourth-order valence-electron chi connectivity index (χ4n) is 6.50. The van der Waals surface area contributed by atoms with Gasteiger partial charge < -0.3 is 34.7 Å². The normalized spacial score (nSPS) is 20.8. The first-order valence-electron chi connectivity index (χ1n) is 16.5. The lowest BCUT2D eigenvalue weighted by Crippen LogP contribution is -2.45. The molecule has 6 rings (SSSR count). The van der Waals surface area contributed by atoms with Crippen LogP contribution in [0.3, 0.4) is 0 Å². The summed E-state index contributed by atoms with van der Waals surface area (Å²) in [5, 5.41) is 15.4. The van der Waals surface area contributed by atoms with E-state index in [2.05, 4.69) is 34.6 Å². The third kappa shape index (κ3) is 7.99. The van der Waals surface area contributed by atoms with E-state index < -0.39 is 6.29 Å². The highest BCUT2D eigenvalue weighted by molar-refractivity contribution is 5.73. The Morgan fingerprint density at radius 1 is 0.812 bits per heavy atom. The van der Waals surface area contributed by atoms with Crippen LogP contribution in [0.4, 0.5) is 4.79 Å². The van der Waals surface area contributed by atoms with Gasteiger partial charge in [0.2, 0.25) is 0 Å². The number of hydrogen-bond acceptors (Lipinski definition) is 7. The SMILES string of the molecule is COc1cc2c(cc1OC)CN(C[C@H]1O[C@@H](c3ccc(CNC(=O)NCc4ccccc4)cc3)O[C@@H](c3ccc(CO)cc3)[C@H]1C)CC2. The van der Waals surface area contributed by atoms with Crippen molar-refractivity contribution in [1.29, 1.82) is 0 Å². The van der Waals surface area contributed by atoms with E-state index in [0.29, 0.717) is 13.1 Å². The molecule has 4 aromatic carbocycles. The van der Waals surface area contributed by atoms with E-state index in [-0.39, 0.29) is 30.8 Å². The molecular formula is C39H45N3O6. The average Bonchev–Trinajstić information content (AvgIpc) is 3.14. The highest BCUT2D eigenvalue weighted by Crippen LogP contribution is 2.42. The van der Waals surface area contributed by atoms with Gasteiger partial charge in [-0.25, -0.2) is 4.79 Å². The van der Waals surface area contributed by atoms with Gasteiger partial charge in [0, 0.05) is 44.2 Å². The molecule has 0 bridgehead atoms. The van der Waals surface area contributed by atoms with E-state index in [1.165, 1.54) is 11.1 Å². The molecule has 4 aromatic rings. The summed E-state index contributed by atoms with van der Waals surface area (Å²) < 4.78 is 24.5. The van der Waals surface area contributed by atoms with E-state index in [1.54, 1.807) is 14.2 Å². The number of aliphatic hydroxyl groups is 1. The van der Waals surface area contributed by atoms with Gasteiger partial charge in [-0.1, -0.05) is 85.8 Å². The van der Waals surface area contributed by atoms with Crippen molar-refractivity contribution in [1.82, 2.24) is 15.5 Å². The lowest BCUT2D eigenvalue weighted by atomic mass is 9.89. The number of ether oxygens (including phenoxy) is 4. The predicted octanol–water partition coefficient (Wildman–Crippen LogP) is 6.05. The molecule has 0 aliphatic carbocycles. The molecule has 3 N–H and O–H groups in total. The number of nitrogens with one attached hydrogen (secondary N) is 2. The van der Waals surface area contributed by atoms with E-state index in [1.807, 2.05) is 78.9 Å². The van der Waals surface area contributed by atoms with Gasteiger partial charge >= 0.3 is 6.03 Å².